The number of nitrogens with zero attached hydrogens (tertiary/aromatic N) is 1. The number of halogens is 2. The lowest BCUT2D eigenvalue weighted by Gasteiger charge is -2.30. The molecule has 1 aromatic rings. The van der Waals surface area contributed by atoms with E-state index in [1.165, 1.54) is 0 Å². The third-order valence-corrected chi connectivity index (χ3v) is 4.03. The normalized spacial score (nSPS) is 15.8. The highest BCUT2D eigenvalue weighted by molar-refractivity contribution is 6.35. The molecule has 0 saturated carbocycles. The van der Waals surface area contributed by atoms with Gasteiger partial charge >= 0.3 is 0 Å². The molecule has 1 fully saturated rings. The molecule has 2 rings (SSSR count). The summed E-state index contributed by atoms with van der Waals surface area (Å²) in [7, 11) is 0. The SMILES string of the molecule is NC(=O)C1CCN(C(=O)COc2ccc(Cl)cc2Cl)CC1. The Labute approximate surface area is 132 Å². The van der Waals surface area contributed by atoms with Gasteiger partial charge in [-0.25, -0.2) is 0 Å². The lowest BCUT2D eigenvalue weighted by molar-refractivity contribution is -0.136. The van der Waals surface area contributed by atoms with Gasteiger partial charge in [-0.1, -0.05) is 23.2 Å². The zero-order chi connectivity index (χ0) is 15.4. The third-order valence-electron chi connectivity index (χ3n) is 3.50. The van der Waals surface area contributed by atoms with E-state index >= 15 is 0 Å². The summed E-state index contributed by atoms with van der Waals surface area (Å²) in [6, 6.07) is 4.82. The van der Waals surface area contributed by atoms with Crippen LogP contribution in [0.1, 0.15) is 12.8 Å². The number of amides is 2. The number of likely N-dealkylation sites (tertiary alicyclic amines) is 1. The van der Waals surface area contributed by atoms with Crippen LogP contribution in [0.4, 0.5) is 0 Å². The van der Waals surface area contributed by atoms with Crippen LogP contribution in [0, 0.1) is 5.92 Å². The molecule has 0 spiro atoms. The minimum atomic E-state index is -0.300. The zero-order valence-electron chi connectivity index (χ0n) is 11.4. The van der Waals surface area contributed by atoms with Crippen LogP contribution in [-0.2, 0) is 9.59 Å². The van der Waals surface area contributed by atoms with Crippen molar-refractivity contribution in [2.75, 3.05) is 19.7 Å². The number of hydrogen-bond acceptors (Lipinski definition) is 3. The standard InChI is InChI=1S/C14H16Cl2N2O3/c15-10-1-2-12(11(16)7-10)21-8-13(19)18-5-3-9(4-6-18)14(17)20/h1-2,7,9H,3-6,8H2,(H2,17,20). The van der Waals surface area contributed by atoms with E-state index < -0.39 is 0 Å². The van der Waals surface area contributed by atoms with Gasteiger partial charge in [-0.05, 0) is 31.0 Å². The highest BCUT2D eigenvalue weighted by atomic mass is 35.5. The lowest BCUT2D eigenvalue weighted by Crippen LogP contribution is -2.43. The molecule has 1 saturated heterocycles. The van der Waals surface area contributed by atoms with Crippen molar-refractivity contribution in [1.29, 1.82) is 0 Å². The number of ether oxygens (including phenoxy) is 1. The maximum Gasteiger partial charge on any atom is 0.260 e. The molecule has 0 unspecified atom stereocenters. The Hall–Kier alpha value is -1.46. The molecule has 1 aliphatic rings. The number of carbonyl (C=O) groups is 2. The maximum absolute atomic E-state index is 12.0. The van der Waals surface area contributed by atoms with Crippen molar-refractivity contribution in [1.82, 2.24) is 4.90 Å². The van der Waals surface area contributed by atoms with Crippen molar-refractivity contribution in [2.24, 2.45) is 11.7 Å². The van der Waals surface area contributed by atoms with Gasteiger partial charge in [0.05, 0.1) is 5.02 Å². The highest BCUT2D eigenvalue weighted by Gasteiger charge is 2.26. The van der Waals surface area contributed by atoms with Gasteiger partial charge in [-0.15, -0.1) is 0 Å². The molecule has 0 bridgehead atoms. The number of nitrogens with two attached hydrogens (primary N) is 1. The Morgan fingerprint density at radius 2 is 1.95 bits per heavy atom. The van der Waals surface area contributed by atoms with Crippen molar-refractivity contribution in [2.45, 2.75) is 12.8 Å². The quantitative estimate of drug-likeness (QED) is 0.918. The number of benzene rings is 1. The molecular formula is C14H16Cl2N2O3. The molecule has 0 aromatic heterocycles. The number of primary amides is 1. The largest absolute Gasteiger partial charge is 0.482 e. The van der Waals surface area contributed by atoms with E-state index in [1.54, 1.807) is 23.1 Å². The van der Waals surface area contributed by atoms with Gasteiger partial charge in [0.1, 0.15) is 5.75 Å². The molecule has 1 aromatic carbocycles. The molecule has 2 N–H and O–H groups in total. The molecule has 21 heavy (non-hydrogen) atoms. The van der Waals surface area contributed by atoms with Crippen LogP contribution < -0.4 is 10.5 Å². The van der Waals surface area contributed by atoms with Gasteiger partial charge in [-0.3, -0.25) is 9.59 Å². The van der Waals surface area contributed by atoms with Crippen LogP contribution in [0.5, 0.6) is 5.75 Å². The van der Waals surface area contributed by atoms with Crippen molar-refractivity contribution in [3.63, 3.8) is 0 Å². The third kappa shape index (κ3) is 4.25. The molecule has 7 heteroatoms. The van der Waals surface area contributed by atoms with Gasteiger partial charge in [0.2, 0.25) is 5.91 Å². The average Bonchev–Trinajstić information content (AvgIpc) is 2.46. The van der Waals surface area contributed by atoms with E-state index in [4.69, 9.17) is 33.7 Å². The summed E-state index contributed by atoms with van der Waals surface area (Å²) >= 11 is 11.8. The van der Waals surface area contributed by atoms with Gasteiger partial charge in [0.25, 0.3) is 5.91 Å². The van der Waals surface area contributed by atoms with Gasteiger partial charge in [0, 0.05) is 24.0 Å². The van der Waals surface area contributed by atoms with Gasteiger partial charge in [0.15, 0.2) is 6.61 Å². The first-order valence-corrected chi connectivity index (χ1v) is 7.38. The fourth-order valence-electron chi connectivity index (χ4n) is 2.24. The van der Waals surface area contributed by atoms with Gasteiger partial charge < -0.3 is 15.4 Å². The van der Waals surface area contributed by atoms with Crippen molar-refractivity contribution in [3.05, 3.63) is 28.2 Å². The topological polar surface area (TPSA) is 72.6 Å². The molecule has 2 amide bonds. The summed E-state index contributed by atoms with van der Waals surface area (Å²) < 4.78 is 5.41. The number of hydrogen-bond donors (Lipinski definition) is 1. The summed E-state index contributed by atoms with van der Waals surface area (Å²) in [5.41, 5.74) is 5.26. The summed E-state index contributed by atoms with van der Waals surface area (Å²) in [5, 5.41) is 0.870. The van der Waals surface area contributed by atoms with E-state index in [1.807, 2.05) is 0 Å². The van der Waals surface area contributed by atoms with Crippen molar-refractivity contribution in [3.8, 4) is 5.75 Å². The lowest BCUT2D eigenvalue weighted by atomic mass is 9.96. The van der Waals surface area contributed by atoms with Crippen LogP contribution in [0.25, 0.3) is 0 Å². The molecule has 0 aliphatic carbocycles. The summed E-state index contributed by atoms with van der Waals surface area (Å²) in [6.07, 6.45) is 1.20. The van der Waals surface area contributed by atoms with E-state index in [2.05, 4.69) is 0 Å². The number of piperidine rings is 1. The van der Waals surface area contributed by atoms with Crippen LogP contribution in [0.3, 0.4) is 0 Å². The predicted octanol–water partition coefficient (Wildman–Crippen LogP) is 2.10. The molecule has 114 valence electrons. The Morgan fingerprint density at radius 1 is 1.29 bits per heavy atom. The van der Waals surface area contributed by atoms with E-state index in [9.17, 15) is 9.59 Å². The Balaban J connectivity index is 1.84. The van der Waals surface area contributed by atoms with Crippen LogP contribution in [-0.4, -0.2) is 36.4 Å². The van der Waals surface area contributed by atoms with E-state index in [-0.39, 0.29) is 24.3 Å². The number of carbonyl (C=O) groups excluding carboxylic acids is 2. The monoisotopic (exact) mass is 330 g/mol. The van der Waals surface area contributed by atoms with Crippen LogP contribution >= 0.6 is 23.2 Å². The minimum Gasteiger partial charge on any atom is -0.482 e. The summed E-state index contributed by atoms with van der Waals surface area (Å²) in [4.78, 5) is 24.8. The Morgan fingerprint density at radius 3 is 2.52 bits per heavy atom. The van der Waals surface area contributed by atoms with Crippen LogP contribution in [0.15, 0.2) is 18.2 Å². The molecule has 1 heterocycles. The average molecular weight is 331 g/mol. The second kappa shape index (κ2) is 7.00. The van der Waals surface area contributed by atoms with Crippen molar-refractivity contribution >= 4 is 35.0 Å². The first kappa shape index (κ1) is 15.9. The number of rotatable bonds is 4. The molecule has 0 atom stereocenters. The van der Waals surface area contributed by atoms with Crippen molar-refractivity contribution < 1.29 is 14.3 Å². The first-order valence-electron chi connectivity index (χ1n) is 6.62. The second-order valence-electron chi connectivity index (χ2n) is 4.92. The molecule has 1 aliphatic heterocycles. The molecular weight excluding hydrogens is 315 g/mol. The second-order valence-corrected chi connectivity index (χ2v) is 5.76. The predicted molar refractivity (Wildman–Crippen MR) is 80.5 cm³/mol. The zero-order valence-corrected chi connectivity index (χ0v) is 12.9. The summed E-state index contributed by atoms with van der Waals surface area (Å²) in [5.74, 6) is -0.155. The molecule has 0 radical (unpaired) electrons. The van der Waals surface area contributed by atoms with E-state index in [0.29, 0.717) is 41.7 Å². The fraction of sp³-hybridized carbons (Fsp3) is 0.429. The van der Waals surface area contributed by atoms with E-state index in [0.717, 1.165) is 0 Å². The Kier molecular flexibility index (Phi) is 5.31. The highest BCUT2D eigenvalue weighted by Crippen LogP contribution is 2.27. The molecule has 5 nitrogen and oxygen atoms in total. The summed E-state index contributed by atoms with van der Waals surface area (Å²) in [6.45, 7) is 0.941. The maximum atomic E-state index is 12.0. The van der Waals surface area contributed by atoms with Crippen LogP contribution in [0.2, 0.25) is 10.0 Å². The van der Waals surface area contributed by atoms with Gasteiger partial charge in [-0.2, -0.15) is 0 Å². The smallest absolute Gasteiger partial charge is 0.260 e. The fourth-order valence-corrected chi connectivity index (χ4v) is 2.70. The Bertz CT molecular complexity index is 543. The first-order chi connectivity index (χ1) is 9.97. The minimum absolute atomic E-state index is 0.0947.